The topological polar surface area (TPSA) is 307 Å². The van der Waals surface area contributed by atoms with Crippen LogP contribution in [0.15, 0.2) is 72.9 Å². The van der Waals surface area contributed by atoms with Gasteiger partial charge in [-0.15, -0.1) is 0 Å². The third-order valence-electron chi connectivity index (χ3n) is 20.5. The zero-order valence-electron chi connectivity index (χ0n) is 64.3. The first-order valence-electron chi connectivity index (χ1n) is 41.7. The number of carbonyl (C=O) groups excluding carboxylic acids is 1. The molecular weight excluding hydrogens is 1310 g/mol. The minimum atomic E-state index is -1.98. The second kappa shape index (κ2) is 64.1. The number of allylic oxidation sites excluding steroid dienone is 11. The fraction of sp³-hybridized carbons (Fsp3) is 0.845. The molecule has 0 aliphatic carbocycles. The molecule has 12 N–H and O–H groups in total. The summed E-state index contributed by atoms with van der Waals surface area (Å²) in [5.41, 5.74) is 0. The van der Waals surface area contributed by atoms with Gasteiger partial charge in [-0.2, -0.15) is 0 Å². The van der Waals surface area contributed by atoms with Crippen LogP contribution >= 0.6 is 0 Å². The largest absolute Gasteiger partial charge is 0.394 e. The van der Waals surface area contributed by atoms with Crippen LogP contribution in [-0.4, -0.2) is 193 Å². The Hall–Kier alpha value is -2.77. The lowest BCUT2D eigenvalue weighted by Gasteiger charge is -2.48. The van der Waals surface area contributed by atoms with Crippen LogP contribution in [0.2, 0.25) is 0 Å². The second-order valence-electron chi connectivity index (χ2n) is 29.6. The number of aliphatic hydroxyl groups is 11. The van der Waals surface area contributed by atoms with Crippen molar-refractivity contribution in [2.75, 3.05) is 26.4 Å². The van der Waals surface area contributed by atoms with E-state index in [4.69, 9.17) is 28.4 Å². The highest BCUT2D eigenvalue weighted by Crippen LogP contribution is 2.33. The van der Waals surface area contributed by atoms with Crippen LogP contribution in [0.4, 0.5) is 0 Å². The lowest BCUT2D eigenvalue weighted by Crippen LogP contribution is -2.66. The molecule has 3 heterocycles. The summed E-state index contributed by atoms with van der Waals surface area (Å²) in [6.45, 7) is 1.66. The van der Waals surface area contributed by atoms with E-state index in [1.807, 2.05) is 6.08 Å². The van der Waals surface area contributed by atoms with E-state index < -0.39 is 124 Å². The van der Waals surface area contributed by atoms with E-state index in [1.165, 1.54) is 218 Å². The highest BCUT2D eigenvalue weighted by molar-refractivity contribution is 5.76. The van der Waals surface area contributed by atoms with Gasteiger partial charge in [0.1, 0.15) is 73.2 Å². The van der Waals surface area contributed by atoms with Gasteiger partial charge in [-0.25, -0.2) is 0 Å². The number of hydrogen-bond acceptors (Lipinski definition) is 18. The molecule has 19 heteroatoms. The Kier molecular flexibility index (Phi) is 58.8. The Bertz CT molecular complexity index is 2140. The van der Waals surface area contributed by atoms with E-state index in [2.05, 4.69) is 79.9 Å². The van der Waals surface area contributed by atoms with Crippen LogP contribution < -0.4 is 5.32 Å². The van der Waals surface area contributed by atoms with E-state index in [0.717, 1.165) is 77.0 Å². The summed E-state index contributed by atoms with van der Waals surface area (Å²) >= 11 is 0. The van der Waals surface area contributed by atoms with Crippen molar-refractivity contribution in [2.24, 2.45) is 0 Å². The van der Waals surface area contributed by atoms with Gasteiger partial charge in [0.15, 0.2) is 18.9 Å². The fourth-order valence-corrected chi connectivity index (χ4v) is 13.9. The van der Waals surface area contributed by atoms with Crippen LogP contribution in [0.25, 0.3) is 0 Å². The molecule has 19 nitrogen and oxygen atoms in total. The van der Waals surface area contributed by atoms with Gasteiger partial charge in [0.2, 0.25) is 5.91 Å². The highest BCUT2D eigenvalue weighted by Gasteiger charge is 2.54. The number of hydrogen-bond donors (Lipinski definition) is 12. The van der Waals surface area contributed by atoms with Crippen LogP contribution in [0.1, 0.15) is 322 Å². The Labute approximate surface area is 623 Å². The standard InChI is InChI=1S/C84H151NO18/c1-3-5-7-9-11-13-15-17-19-21-23-25-26-27-28-29-30-31-32-33-34-35-36-37-38-39-40-42-44-46-48-50-52-54-56-58-60-62-72(90)85-67(68(89)61-59-57-55-53-51-49-47-45-43-41-24-22-20-18-16-14-12-10-8-6-4-2)66-98-82-78(96)75(93)80(70(64-87)100-82)103-84-79(97)76(94)81(71(65-88)101-84)102-83-77(95)74(92)73(91)69(63-86)99-83/h5,7,11,13,17,19,23,25,27-28,59,61,67-71,73-84,86-89,91-97H,3-4,6,8-10,12,14-16,18,20-22,24,26,29-58,60,62-66H2,1-2H3,(H,85,90)/b7-5-,13-11-,19-17-,25-23-,28-27-,61-59+. The molecule has 0 saturated carbocycles. The van der Waals surface area contributed by atoms with E-state index in [0.29, 0.717) is 6.42 Å². The molecule has 3 rings (SSSR count). The lowest BCUT2D eigenvalue weighted by atomic mass is 9.96. The summed E-state index contributed by atoms with van der Waals surface area (Å²) in [4.78, 5) is 13.5. The first-order chi connectivity index (χ1) is 50.3. The predicted octanol–water partition coefficient (Wildman–Crippen LogP) is 14.4. The smallest absolute Gasteiger partial charge is 0.220 e. The molecule has 17 unspecified atom stereocenters. The highest BCUT2D eigenvalue weighted by atomic mass is 16.8. The summed E-state index contributed by atoms with van der Waals surface area (Å²) in [6.07, 6.45) is 57.5. The zero-order chi connectivity index (χ0) is 74.6. The quantitative estimate of drug-likeness (QED) is 0.0199. The second-order valence-corrected chi connectivity index (χ2v) is 29.6. The average Bonchev–Trinajstić information content (AvgIpc) is 0.781. The van der Waals surface area contributed by atoms with Crippen LogP contribution in [0.3, 0.4) is 0 Å². The van der Waals surface area contributed by atoms with Crippen molar-refractivity contribution in [3.05, 3.63) is 72.9 Å². The third kappa shape index (κ3) is 43.9. The molecule has 0 aromatic rings. The summed E-state index contributed by atoms with van der Waals surface area (Å²) < 4.78 is 34.5. The van der Waals surface area contributed by atoms with Crippen molar-refractivity contribution in [3.8, 4) is 0 Å². The summed E-state index contributed by atoms with van der Waals surface area (Å²) in [6, 6.07) is -0.975. The normalized spacial score (nSPS) is 26.4. The summed E-state index contributed by atoms with van der Waals surface area (Å²) in [5, 5.41) is 121. The number of nitrogens with one attached hydrogen (secondary N) is 1. The maximum absolute atomic E-state index is 13.5. The summed E-state index contributed by atoms with van der Waals surface area (Å²) in [5.74, 6) is -0.271. The van der Waals surface area contributed by atoms with Gasteiger partial charge < -0.3 is 89.9 Å². The lowest BCUT2D eigenvalue weighted by molar-refractivity contribution is -0.379. The number of carbonyl (C=O) groups is 1. The predicted molar refractivity (Wildman–Crippen MR) is 411 cm³/mol. The maximum Gasteiger partial charge on any atom is 0.220 e. The number of rotatable bonds is 66. The van der Waals surface area contributed by atoms with Crippen LogP contribution in [0, 0.1) is 0 Å². The van der Waals surface area contributed by atoms with Gasteiger partial charge in [0, 0.05) is 6.42 Å². The molecular formula is C84H151NO18. The van der Waals surface area contributed by atoms with Crippen molar-refractivity contribution >= 4 is 5.91 Å². The third-order valence-corrected chi connectivity index (χ3v) is 20.5. The molecule has 3 aliphatic heterocycles. The van der Waals surface area contributed by atoms with Crippen molar-refractivity contribution < 1.29 is 89.4 Å². The molecule has 0 bridgehead atoms. The minimum Gasteiger partial charge on any atom is -0.394 e. The molecule has 0 radical (unpaired) electrons. The van der Waals surface area contributed by atoms with Crippen molar-refractivity contribution in [1.29, 1.82) is 0 Å². The van der Waals surface area contributed by atoms with Crippen molar-refractivity contribution in [1.82, 2.24) is 5.32 Å². The van der Waals surface area contributed by atoms with Crippen molar-refractivity contribution in [3.63, 3.8) is 0 Å². The van der Waals surface area contributed by atoms with Crippen molar-refractivity contribution in [2.45, 2.75) is 426 Å². The zero-order valence-corrected chi connectivity index (χ0v) is 64.3. The maximum atomic E-state index is 13.5. The Morgan fingerprint density at radius 1 is 0.359 bits per heavy atom. The molecule has 17 atom stereocenters. The van der Waals surface area contributed by atoms with Gasteiger partial charge in [-0.1, -0.05) is 324 Å². The van der Waals surface area contributed by atoms with Gasteiger partial charge in [-0.3, -0.25) is 4.79 Å². The Morgan fingerprint density at radius 3 is 1.05 bits per heavy atom. The molecule has 0 aromatic heterocycles. The van der Waals surface area contributed by atoms with Gasteiger partial charge in [0.25, 0.3) is 0 Å². The van der Waals surface area contributed by atoms with Gasteiger partial charge in [0.05, 0.1) is 38.6 Å². The van der Waals surface area contributed by atoms with E-state index >= 15 is 0 Å². The van der Waals surface area contributed by atoms with Gasteiger partial charge in [-0.05, 0) is 64.2 Å². The molecule has 3 aliphatic rings. The average molecular weight is 1460 g/mol. The first-order valence-corrected chi connectivity index (χ1v) is 41.7. The fourth-order valence-electron chi connectivity index (χ4n) is 13.9. The number of aliphatic hydroxyl groups excluding tert-OH is 11. The molecule has 1 amide bonds. The monoisotopic (exact) mass is 1460 g/mol. The minimum absolute atomic E-state index is 0.245. The van der Waals surface area contributed by atoms with E-state index in [1.54, 1.807) is 6.08 Å². The van der Waals surface area contributed by atoms with Crippen LogP contribution in [0.5, 0.6) is 0 Å². The van der Waals surface area contributed by atoms with Gasteiger partial charge >= 0.3 is 0 Å². The SMILES string of the molecule is CC/C=C\C/C=C\C/C=C\C/C=C\C/C=C\CCCCCCCCCCCCCCCCCCCCCCCC(=O)NC(COC1OC(CO)C(OC2OC(CO)C(OC3OC(CO)C(O)C(O)C3O)C(O)C2O)C(O)C1O)C(O)/C=C/CCCCCCCCCCCCCCCCCCCCC. The number of unbranched alkanes of at least 4 members (excludes halogenated alkanes) is 40. The number of ether oxygens (including phenoxy) is 6. The molecule has 0 aromatic carbocycles. The molecule has 0 spiro atoms. The van der Waals surface area contributed by atoms with E-state index in [-0.39, 0.29) is 18.9 Å². The number of amides is 1. The Morgan fingerprint density at radius 2 is 0.670 bits per heavy atom. The molecule has 3 saturated heterocycles. The van der Waals surface area contributed by atoms with E-state index in [9.17, 15) is 61.0 Å². The Balaban J connectivity index is 1.33. The molecule has 600 valence electrons. The summed E-state index contributed by atoms with van der Waals surface area (Å²) in [7, 11) is 0. The molecule has 103 heavy (non-hydrogen) atoms. The molecule has 3 fully saturated rings. The first kappa shape index (κ1) is 94.4. The van der Waals surface area contributed by atoms with Crippen LogP contribution in [-0.2, 0) is 33.2 Å².